The molecule has 4 rings (SSSR count). The van der Waals surface area contributed by atoms with E-state index in [-0.39, 0.29) is 5.69 Å². The van der Waals surface area contributed by atoms with Gasteiger partial charge in [-0.05, 0) is 54.5 Å². The molecule has 3 nitrogen and oxygen atoms in total. The van der Waals surface area contributed by atoms with Crippen LogP contribution in [-0.4, -0.2) is 4.92 Å². The number of nitro benzene ring substituents is 1. The maximum atomic E-state index is 11.0. The quantitative estimate of drug-likeness (QED) is 0.209. The van der Waals surface area contributed by atoms with E-state index in [4.69, 9.17) is 0 Å². The lowest BCUT2D eigenvalue weighted by atomic mass is 10.2. The predicted molar refractivity (Wildman–Crippen MR) is 125 cm³/mol. The van der Waals surface area contributed by atoms with Gasteiger partial charge in [-0.3, -0.25) is 10.1 Å². The van der Waals surface area contributed by atoms with Gasteiger partial charge in [0.2, 0.25) is 0 Å². The molecule has 0 bridgehead atoms. The Hall–Kier alpha value is -3.73. The maximum Gasteiger partial charge on any atom is 0.269 e. The average molecular weight is 408 g/mol. The van der Waals surface area contributed by atoms with Gasteiger partial charge in [0, 0.05) is 17.7 Å². The van der Waals surface area contributed by atoms with E-state index in [9.17, 15) is 10.1 Å². The van der Waals surface area contributed by atoms with Crippen molar-refractivity contribution in [2.75, 3.05) is 0 Å². The molecule has 0 aliphatic rings. The minimum Gasteiger partial charge on any atom is -0.258 e. The van der Waals surface area contributed by atoms with Crippen LogP contribution in [0.15, 0.2) is 115 Å². The standard InChI is InChI=1S/C26H19NO2P/c28-27(29)23-18-16-22(17-19-23)20-21-30(24-10-4-1-5-11-24,25-12-6-2-7-13-25)26-14-8-3-9-15-26/h1-19H/q+1. The summed E-state index contributed by atoms with van der Waals surface area (Å²) >= 11 is 0. The minimum atomic E-state index is -2.24. The second kappa shape index (κ2) is 8.74. The summed E-state index contributed by atoms with van der Waals surface area (Å²) < 4.78 is 0. The van der Waals surface area contributed by atoms with E-state index >= 15 is 0 Å². The smallest absolute Gasteiger partial charge is 0.258 e. The molecule has 0 saturated heterocycles. The van der Waals surface area contributed by atoms with Crippen LogP contribution in [0.3, 0.4) is 0 Å². The second-order valence-corrected chi connectivity index (χ2v) is 9.83. The molecule has 0 amide bonds. The third-order valence-corrected chi connectivity index (χ3v) is 8.54. The van der Waals surface area contributed by atoms with Crippen LogP contribution in [0.5, 0.6) is 0 Å². The van der Waals surface area contributed by atoms with Crippen molar-refractivity contribution in [3.8, 4) is 11.6 Å². The van der Waals surface area contributed by atoms with Crippen molar-refractivity contribution in [3.63, 3.8) is 0 Å². The number of hydrogen-bond acceptors (Lipinski definition) is 2. The Kier molecular flexibility index (Phi) is 5.70. The highest BCUT2D eigenvalue weighted by Crippen LogP contribution is 2.54. The van der Waals surface area contributed by atoms with E-state index < -0.39 is 12.2 Å². The Morgan fingerprint density at radius 3 is 1.37 bits per heavy atom. The molecule has 0 aliphatic heterocycles. The van der Waals surface area contributed by atoms with Gasteiger partial charge >= 0.3 is 0 Å². The van der Waals surface area contributed by atoms with E-state index in [1.54, 1.807) is 12.1 Å². The molecule has 4 heteroatoms. The molecule has 30 heavy (non-hydrogen) atoms. The zero-order chi connectivity index (χ0) is 20.8. The van der Waals surface area contributed by atoms with Gasteiger partial charge in [0.1, 0.15) is 15.9 Å². The first-order valence-electron chi connectivity index (χ1n) is 9.54. The van der Waals surface area contributed by atoms with Crippen LogP contribution < -0.4 is 15.9 Å². The maximum absolute atomic E-state index is 11.0. The Balaban J connectivity index is 1.95. The molecular weight excluding hydrogens is 389 g/mol. The number of nitro groups is 1. The molecule has 4 aromatic carbocycles. The third kappa shape index (κ3) is 3.87. The monoisotopic (exact) mass is 408 g/mol. The van der Waals surface area contributed by atoms with E-state index in [2.05, 4.69) is 48.0 Å². The SMILES string of the molecule is O=[N+]([O-])c1ccc(C#C[P+](c2ccccc2)(c2ccccc2)c2ccccc2)cc1. The fourth-order valence-corrected chi connectivity index (χ4v) is 6.85. The molecule has 0 fully saturated rings. The van der Waals surface area contributed by atoms with Gasteiger partial charge in [0.05, 0.1) is 10.6 Å². The largest absolute Gasteiger partial charge is 0.269 e. The highest BCUT2D eigenvalue weighted by molar-refractivity contribution is 7.99. The molecule has 4 aromatic rings. The third-order valence-electron chi connectivity index (χ3n) is 4.88. The van der Waals surface area contributed by atoms with Crippen LogP contribution in [0.2, 0.25) is 0 Å². The van der Waals surface area contributed by atoms with Crippen molar-refractivity contribution < 1.29 is 4.92 Å². The number of nitrogens with zero attached hydrogens (tertiary/aromatic N) is 1. The lowest BCUT2D eigenvalue weighted by molar-refractivity contribution is -0.384. The van der Waals surface area contributed by atoms with Crippen molar-refractivity contribution in [2.24, 2.45) is 0 Å². The molecule has 0 radical (unpaired) electrons. The van der Waals surface area contributed by atoms with Gasteiger partial charge in [-0.15, -0.1) is 0 Å². The highest BCUT2D eigenvalue weighted by atomic mass is 31.2. The van der Waals surface area contributed by atoms with Crippen molar-refractivity contribution in [1.29, 1.82) is 0 Å². The molecule has 0 spiro atoms. The summed E-state index contributed by atoms with van der Waals surface area (Å²) in [6.45, 7) is 0. The van der Waals surface area contributed by atoms with Crippen molar-refractivity contribution in [1.82, 2.24) is 0 Å². The Bertz CT molecular complexity index is 1100. The van der Waals surface area contributed by atoms with Crippen LogP contribution in [0.1, 0.15) is 5.56 Å². The number of rotatable bonds is 4. The van der Waals surface area contributed by atoms with Crippen LogP contribution in [-0.2, 0) is 0 Å². The molecule has 0 heterocycles. The molecular formula is C26H19NO2P+. The van der Waals surface area contributed by atoms with Gasteiger partial charge in [0.15, 0.2) is 7.26 Å². The Labute approximate surface area is 176 Å². The Morgan fingerprint density at radius 2 is 1.00 bits per heavy atom. The van der Waals surface area contributed by atoms with E-state index in [0.717, 1.165) is 5.56 Å². The highest BCUT2D eigenvalue weighted by Gasteiger charge is 2.44. The molecule has 144 valence electrons. The summed E-state index contributed by atoms with van der Waals surface area (Å²) in [5.41, 5.74) is 4.46. The molecule has 0 unspecified atom stereocenters. The molecule has 0 saturated carbocycles. The van der Waals surface area contributed by atoms with Crippen molar-refractivity contribution in [2.45, 2.75) is 0 Å². The first-order valence-corrected chi connectivity index (χ1v) is 11.3. The topological polar surface area (TPSA) is 43.1 Å². The fraction of sp³-hybridized carbons (Fsp3) is 0. The lowest BCUT2D eigenvalue weighted by Gasteiger charge is -2.21. The first-order chi connectivity index (χ1) is 14.7. The zero-order valence-electron chi connectivity index (χ0n) is 16.2. The van der Waals surface area contributed by atoms with Gasteiger partial charge in [0.25, 0.3) is 5.69 Å². The summed E-state index contributed by atoms with van der Waals surface area (Å²) in [5, 5.41) is 14.5. The van der Waals surface area contributed by atoms with E-state index in [0.29, 0.717) is 0 Å². The first kappa shape index (κ1) is 19.6. The van der Waals surface area contributed by atoms with Crippen LogP contribution in [0.4, 0.5) is 5.69 Å². The van der Waals surface area contributed by atoms with Crippen LogP contribution >= 0.6 is 7.26 Å². The van der Waals surface area contributed by atoms with Crippen LogP contribution in [0, 0.1) is 21.7 Å². The molecule has 0 aliphatic carbocycles. The predicted octanol–water partition coefficient (Wildman–Crippen LogP) is 4.90. The van der Waals surface area contributed by atoms with Crippen molar-refractivity contribution in [3.05, 3.63) is 131 Å². The summed E-state index contributed by atoms with van der Waals surface area (Å²) in [4.78, 5) is 10.6. The number of hydrogen-bond donors (Lipinski definition) is 0. The lowest BCUT2D eigenvalue weighted by Crippen LogP contribution is -2.29. The number of benzene rings is 4. The van der Waals surface area contributed by atoms with Gasteiger partial charge in [-0.1, -0.05) is 54.6 Å². The normalized spacial score (nSPS) is 10.7. The van der Waals surface area contributed by atoms with Gasteiger partial charge < -0.3 is 0 Å². The zero-order valence-corrected chi connectivity index (χ0v) is 17.1. The van der Waals surface area contributed by atoms with Crippen molar-refractivity contribution >= 4 is 28.9 Å². The van der Waals surface area contributed by atoms with Gasteiger partial charge in [-0.25, -0.2) is 0 Å². The average Bonchev–Trinajstić information content (AvgIpc) is 2.82. The minimum absolute atomic E-state index is 0.0655. The molecule has 0 atom stereocenters. The van der Waals surface area contributed by atoms with Crippen LogP contribution in [0.25, 0.3) is 0 Å². The van der Waals surface area contributed by atoms with E-state index in [1.807, 2.05) is 54.6 Å². The van der Waals surface area contributed by atoms with E-state index in [1.165, 1.54) is 28.0 Å². The summed E-state index contributed by atoms with van der Waals surface area (Å²) in [6.07, 6.45) is 0. The van der Waals surface area contributed by atoms with Gasteiger partial charge in [-0.2, -0.15) is 0 Å². The number of non-ortho nitro benzene ring substituents is 1. The summed E-state index contributed by atoms with van der Waals surface area (Å²) in [5.74, 6) is 3.32. The summed E-state index contributed by atoms with van der Waals surface area (Å²) in [6, 6.07) is 37.5. The molecule has 0 N–H and O–H groups in total. The molecule has 0 aromatic heterocycles. The second-order valence-electron chi connectivity index (χ2n) is 6.72. The fourth-order valence-electron chi connectivity index (χ4n) is 3.41. The summed E-state index contributed by atoms with van der Waals surface area (Å²) in [7, 11) is -2.24. The Morgan fingerprint density at radius 1 is 0.600 bits per heavy atom.